The van der Waals surface area contributed by atoms with Crippen LogP contribution in [0.5, 0.6) is 0 Å². The highest BCUT2D eigenvalue weighted by Gasteiger charge is 2.38. The van der Waals surface area contributed by atoms with Crippen molar-refractivity contribution in [2.24, 2.45) is 0 Å². The fraction of sp³-hybridized carbons (Fsp3) is 0.444. The number of hydrogen-bond donors (Lipinski definition) is 2. The van der Waals surface area contributed by atoms with Gasteiger partial charge in [-0.2, -0.15) is 4.98 Å². The Morgan fingerprint density at radius 2 is 2.00 bits per heavy atom. The van der Waals surface area contributed by atoms with Gasteiger partial charge >= 0.3 is 0 Å². The summed E-state index contributed by atoms with van der Waals surface area (Å²) in [6, 6.07) is 9.53. The average molecular weight is 344 g/mol. The fourth-order valence-electron chi connectivity index (χ4n) is 4.10. The van der Waals surface area contributed by atoms with Gasteiger partial charge in [-0.15, -0.1) is 0 Å². The van der Waals surface area contributed by atoms with Crippen LogP contribution >= 0.6 is 11.6 Å². The molecule has 2 aliphatic rings. The van der Waals surface area contributed by atoms with Crippen molar-refractivity contribution < 1.29 is 0 Å². The van der Waals surface area contributed by atoms with Gasteiger partial charge in [0.25, 0.3) is 0 Å². The lowest BCUT2D eigenvalue weighted by molar-refractivity contribution is 0.169. The van der Waals surface area contributed by atoms with Crippen LogP contribution in [-0.4, -0.2) is 40.0 Å². The van der Waals surface area contributed by atoms with Crippen molar-refractivity contribution in [1.82, 2.24) is 14.9 Å². The van der Waals surface area contributed by atoms with Gasteiger partial charge < -0.3 is 16.0 Å². The molecule has 2 atom stereocenters. The van der Waals surface area contributed by atoms with Gasteiger partial charge in [0, 0.05) is 34.9 Å². The number of piperidine rings is 1. The number of nitrogen functional groups attached to an aromatic ring is 1. The molecule has 0 aliphatic carbocycles. The molecule has 3 N–H and O–H groups in total. The number of anilines is 2. The third kappa shape index (κ3) is 2.94. The van der Waals surface area contributed by atoms with Gasteiger partial charge in [0.1, 0.15) is 5.82 Å². The van der Waals surface area contributed by atoms with Gasteiger partial charge in [-0.05, 0) is 50.4 Å². The van der Waals surface area contributed by atoms with Crippen LogP contribution in [0.25, 0.3) is 11.1 Å². The Kier molecular flexibility index (Phi) is 4.06. The minimum absolute atomic E-state index is 0.291. The molecule has 0 saturated carbocycles. The number of nitrogens with zero attached hydrogens (tertiary/aromatic N) is 3. The van der Waals surface area contributed by atoms with Crippen LogP contribution in [0.1, 0.15) is 25.7 Å². The summed E-state index contributed by atoms with van der Waals surface area (Å²) in [5.74, 6) is 1.10. The van der Waals surface area contributed by atoms with Crippen LogP contribution in [0.3, 0.4) is 0 Å². The van der Waals surface area contributed by atoms with E-state index in [-0.39, 0.29) is 0 Å². The maximum Gasteiger partial charge on any atom is 0.221 e. The zero-order valence-corrected chi connectivity index (χ0v) is 14.5. The number of hydrogen-bond acceptors (Lipinski definition) is 5. The Hall–Kier alpha value is -1.85. The second-order valence-electron chi connectivity index (χ2n) is 6.86. The van der Waals surface area contributed by atoms with Gasteiger partial charge in [0.15, 0.2) is 0 Å². The number of aromatic nitrogens is 2. The molecule has 126 valence electrons. The van der Waals surface area contributed by atoms with Crippen LogP contribution in [0.4, 0.5) is 11.8 Å². The summed E-state index contributed by atoms with van der Waals surface area (Å²) in [6.45, 7) is 0. The maximum absolute atomic E-state index is 6.14. The largest absolute Gasteiger partial charge is 0.368 e. The SMILES string of the molecule is CN1C2CCC1CC(Nc1nc(N)ncc1-c1cccc(Cl)c1)C2. The molecule has 4 rings (SSSR count). The van der Waals surface area contributed by atoms with Gasteiger partial charge in [-0.3, -0.25) is 0 Å². The Balaban J connectivity index is 1.62. The zero-order valence-electron chi connectivity index (χ0n) is 13.7. The highest BCUT2D eigenvalue weighted by atomic mass is 35.5. The molecule has 0 spiro atoms. The molecule has 2 aromatic rings. The molecule has 2 fully saturated rings. The van der Waals surface area contributed by atoms with Gasteiger partial charge in [-0.25, -0.2) is 4.98 Å². The third-order valence-electron chi connectivity index (χ3n) is 5.38. The number of nitrogens with two attached hydrogens (primary N) is 1. The van der Waals surface area contributed by atoms with Gasteiger partial charge in [-0.1, -0.05) is 23.7 Å². The number of nitrogens with one attached hydrogen (secondary N) is 1. The highest BCUT2D eigenvalue weighted by Crippen LogP contribution is 2.36. The third-order valence-corrected chi connectivity index (χ3v) is 5.62. The lowest BCUT2D eigenvalue weighted by atomic mass is 9.97. The second kappa shape index (κ2) is 6.22. The molecular formula is C18H22ClN5. The first-order chi connectivity index (χ1) is 11.6. The smallest absolute Gasteiger partial charge is 0.221 e. The molecule has 2 bridgehead atoms. The van der Waals surface area contributed by atoms with Crippen molar-refractivity contribution in [3.05, 3.63) is 35.5 Å². The molecule has 2 unspecified atom stereocenters. The lowest BCUT2D eigenvalue weighted by Crippen LogP contribution is -2.44. The molecular weight excluding hydrogens is 322 g/mol. The van der Waals surface area contributed by atoms with Crippen molar-refractivity contribution in [2.75, 3.05) is 18.1 Å². The number of halogens is 1. The summed E-state index contributed by atoms with van der Waals surface area (Å²) in [5.41, 5.74) is 7.78. The van der Waals surface area contributed by atoms with E-state index in [4.69, 9.17) is 17.3 Å². The molecule has 1 aromatic heterocycles. The second-order valence-corrected chi connectivity index (χ2v) is 7.30. The van der Waals surface area contributed by atoms with Crippen LogP contribution in [0.2, 0.25) is 5.02 Å². The lowest BCUT2D eigenvalue weighted by Gasteiger charge is -2.37. The standard InChI is InChI=1S/C18H22ClN5/c1-24-14-5-6-15(24)9-13(8-14)22-17-16(10-21-18(20)23-17)11-3-2-4-12(19)7-11/h2-4,7,10,13-15H,5-6,8-9H2,1H3,(H3,20,21,22,23). The topological polar surface area (TPSA) is 67.1 Å². The Labute approximate surface area is 147 Å². The molecule has 5 nitrogen and oxygen atoms in total. The average Bonchev–Trinajstić information content (AvgIpc) is 2.77. The van der Waals surface area contributed by atoms with Crippen LogP contribution in [-0.2, 0) is 0 Å². The number of rotatable bonds is 3. The number of benzene rings is 1. The van der Waals surface area contributed by atoms with Crippen molar-refractivity contribution in [1.29, 1.82) is 0 Å². The van der Waals surface area contributed by atoms with E-state index in [1.54, 1.807) is 6.20 Å². The van der Waals surface area contributed by atoms with Crippen LogP contribution in [0.15, 0.2) is 30.5 Å². The van der Waals surface area contributed by atoms with E-state index in [1.807, 2.05) is 24.3 Å². The van der Waals surface area contributed by atoms with E-state index >= 15 is 0 Å². The first-order valence-corrected chi connectivity index (χ1v) is 8.85. The monoisotopic (exact) mass is 343 g/mol. The molecule has 2 saturated heterocycles. The Morgan fingerprint density at radius 3 is 2.71 bits per heavy atom. The van der Waals surface area contributed by atoms with E-state index in [0.717, 1.165) is 29.8 Å². The fourth-order valence-corrected chi connectivity index (χ4v) is 4.29. The maximum atomic E-state index is 6.14. The predicted octanol–water partition coefficient (Wildman–Crippen LogP) is 3.42. The van der Waals surface area contributed by atoms with E-state index in [0.29, 0.717) is 29.1 Å². The first kappa shape index (κ1) is 15.7. The van der Waals surface area contributed by atoms with E-state index in [2.05, 4.69) is 27.2 Å². The van der Waals surface area contributed by atoms with Crippen molar-refractivity contribution in [2.45, 2.75) is 43.8 Å². The van der Waals surface area contributed by atoms with Crippen LogP contribution in [0, 0.1) is 0 Å². The molecule has 2 aliphatic heterocycles. The molecule has 0 radical (unpaired) electrons. The zero-order chi connectivity index (χ0) is 16.7. The highest BCUT2D eigenvalue weighted by molar-refractivity contribution is 6.30. The normalized spacial score (nSPS) is 26.5. The molecule has 0 amide bonds. The van der Waals surface area contributed by atoms with E-state index in [9.17, 15) is 0 Å². The van der Waals surface area contributed by atoms with Gasteiger partial charge in [0.05, 0.1) is 0 Å². The number of fused-ring (bicyclic) bond motifs is 2. The van der Waals surface area contributed by atoms with Crippen molar-refractivity contribution >= 4 is 23.4 Å². The molecule has 3 heterocycles. The van der Waals surface area contributed by atoms with Crippen LogP contribution < -0.4 is 11.1 Å². The van der Waals surface area contributed by atoms with Gasteiger partial charge in [0.2, 0.25) is 5.95 Å². The minimum atomic E-state index is 0.291. The van der Waals surface area contributed by atoms with E-state index < -0.39 is 0 Å². The predicted molar refractivity (Wildman–Crippen MR) is 98.1 cm³/mol. The summed E-state index contributed by atoms with van der Waals surface area (Å²) in [6.07, 6.45) is 6.66. The first-order valence-electron chi connectivity index (χ1n) is 8.47. The van der Waals surface area contributed by atoms with Crippen molar-refractivity contribution in [3.8, 4) is 11.1 Å². The van der Waals surface area contributed by atoms with E-state index in [1.165, 1.54) is 12.8 Å². The summed E-state index contributed by atoms with van der Waals surface area (Å²) in [4.78, 5) is 11.2. The molecule has 24 heavy (non-hydrogen) atoms. The summed E-state index contributed by atoms with van der Waals surface area (Å²) < 4.78 is 0. The Bertz CT molecular complexity index is 736. The minimum Gasteiger partial charge on any atom is -0.368 e. The summed E-state index contributed by atoms with van der Waals surface area (Å²) in [7, 11) is 2.25. The quantitative estimate of drug-likeness (QED) is 0.893. The summed E-state index contributed by atoms with van der Waals surface area (Å²) in [5, 5.41) is 4.33. The molecule has 1 aromatic carbocycles. The summed E-state index contributed by atoms with van der Waals surface area (Å²) >= 11 is 6.14. The molecule has 6 heteroatoms. The van der Waals surface area contributed by atoms with Crippen molar-refractivity contribution in [3.63, 3.8) is 0 Å². The Morgan fingerprint density at radius 1 is 1.25 bits per heavy atom.